The Balaban J connectivity index is 2.12. The Bertz CT molecular complexity index is 540. The van der Waals surface area contributed by atoms with Gasteiger partial charge in [0.1, 0.15) is 0 Å². The van der Waals surface area contributed by atoms with Crippen molar-refractivity contribution in [2.45, 2.75) is 13.1 Å². The van der Waals surface area contributed by atoms with E-state index in [0.29, 0.717) is 11.3 Å². The molecule has 0 saturated heterocycles. The summed E-state index contributed by atoms with van der Waals surface area (Å²) in [5, 5.41) is 4.08. The molecule has 5 nitrogen and oxygen atoms in total. The first-order valence-electron chi connectivity index (χ1n) is 4.53. The van der Waals surface area contributed by atoms with Crippen molar-refractivity contribution in [2.24, 2.45) is 0 Å². The molecule has 0 radical (unpaired) electrons. The molecule has 0 aliphatic rings. The number of aromatic amines is 1. The minimum absolute atomic E-state index is 0.171. The first-order chi connectivity index (χ1) is 7.25. The molecule has 0 amide bonds. The van der Waals surface area contributed by atoms with E-state index in [9.17, 15) is 4.79 Å². The number of nitrogens with zero attached hydrogens (tertiary/aromatic N) is 3. The van der Waals surface area contributed by atoms with E-state index in [1.165, 1.54) is 6.07 Å². The van der Waals surface area contributed by atoms with E-state index in [1.54, 1.807) is 17.0 Å². The molecule has 0 bridgehead atoms. The maximum atomic E-state index is 10.9. The van der Waals surface area contributed by atoms with E-state index >= 15 is 0 Å². The molecule has 0 aliphatic carbocycles. The lowest BCUT2D eigenvalue weighted by Gasteiger charge is -2.05. The second-order valence-electron chi connectivity index (χ2n) is 3.07. The van der Waals surface area contributed by atoms with Gasteiger partial charge in [0.05, 0.1) is 6.54 Å². The number of aromatic nitrogens is 4. The Hall–Kier alpha value is -1.69. The van der Waals surface area contributed by atoms with Gasteiger partial charge in [0, 0.05) is 31.2 Å². The average Bonchev–Trinajstić information content (AvgIpc) is 2.69. The highest BCUT2D eigenvalue weighted by Crippen LogP contribution is 1.91. The third kappa shape index (κ3) is 2.41. The van der Waals surface area contributed by atoms with Gasteiger partial charge >= 0.3 is 0 Å². The monoisotopic (exact) mass is 222 g/mol. The smallest absolute Gasteiger partial charge is 0.251 e. The van der Waals surface area contributed by atoms with Crippen LogP contribution in [0.1, 0.15) is 0 Å². The zero-order valence-electron chi connectivity index (χ0n) is 7.96. The van der Waals surface area contributed by atoms with Gasteiger partial charge in [-0.15, -0.1) is 0 Å². The van der Waals surface area contributed by atoms with Crippen LogP contribution in [0.3, 0.4) is 0 Å². The minimum Gasteiger partial charge on any atom is -0.323 e. The molecule has 0 unspecified atom stereocenters. The van der Waals surface area contributed by atoms with Gasteiger partial charge < -0.3 is 4.57 Å². The van der Waals surface area contributed by atoms with Crippen LogP contribution < -0.4 is 5.56 Å². The normalized spacial score (nSPS) is 10.4. The number of rotatable bonds is 3. The Morgan fingerprint density at radius 2 is 2.27 bits per heavy atom. The largest absolute Gasteiger partial charge is 0.323 e. The molecule has 0 aromatic carbocycles. The van der Waals surface area contributed by atoms with Gasteiger partial charge in [0.25, 0.3) is 5.56 Å². The van der Waals surface area contributed by atoms with Crippen LogP contribution in [0, 0.1) is 4.77 Å². The predicted octanol–water partition coefficient (Wildman–Crippen LogP) is 0.803. The van der Waals surface area contributed by atoms with Crippen LogP contribution in [-0.4, -0.2) is 19.3 Å². The quantitative estimate of drug-likeness (QED) is 0.782. The van der Waals surface area contributed by atoms with Crippen LogP contribution >= 0.6 is 12.2 Å². The fourth-order valence-electron chi connectivity index (χ4n) is 1.26. The second kappa shape index (κ2) is 4.22. The number of nitrogens with one attached hydrogen (secondary N) is 1. The lowest BCUT2D eigenvalue weighted by molar-refractivity contribution is 0.522. The molecular weight excluding hydrogens is 212 g/mol. The molecule has 0 atom stereocenters. The van der Waals surface area contributed by atoms with Crippen molar-refractivity contribution in [2.75, 3.05) is 0 Å². The van der Waals surface area contributed by atoms with Gasteiger partial charge in [-0.3, -0.25) is 14.5 Å². The molecule has 6 heteroatoms. The maximum Gasteiger partial charge on any atom is 0.251 e. The van der Waals surface area contributed by atoms with E-state index < -0.39 is 0 Å². The zero-order chi connectivity index (χ0) is 10.7. The summed E-state index contributed by atoms with van der Waals surface area (Å²) < 4.78 is 4.06. The van der Waals surface area contributed by atoms with Crippen LogP contribution in [0.25, 0.3) is 0 Å². The highest BCUT2D eigenvalue weighted by atomic mass is 32.1. The third-order valence-corrected chi connectivity index (χ3v) is 2.36. The second-order valence-corrected chi connectivity index (χ2v) is 3.46. The molecule has 0 spiro atoms. The van der Waals surface area contributed by atoms with Gasteiger partial charge in [-0.05, 0) is 18.3 Å². The molecule has 0 saturated carbocycles. The summed E-state index contributed by atoms with van der Waals surface area (Å²) in [6.45, 7) is 1.42. The molecule has 78 valence electrons. The van der Waals surface area contributed by atoms with Crippen molar-refractivity contribution in [1.29, 1.82) is 0 Å². The molecule has 0 fully saturated rings. The van der Waals surface area contributed by atoms with E-state index in [1.807, 2.05) is 16.9 Å². The van der Waals surface area contributed by atoms with Crippen molar-refractivity contribution < 1.29 is 0 Å². The number of H-pyrrole nitrogens is 1. The zero-order valence-corrected chi connectivity index (χ0v) is 8.78. The molecule has 2 aromatic heterocycles. The Kier molecular flexibility index (Phi) is 2.77. The number of hydrogen-bond donors (Lipinski definition) is 1. The third-order valence-electron chi connectivity index (χ3n) is 2.03. The van der Waals surface area contributed by atoms with Crippen molar-refractivity contribution in [3.63, 3.8) is 0 Å². The van der Waals surface area contributed by atoms with Gasteiger partial charge in [-0.25, -0.2) is 0 Å². The fourth-order valence-corrected chi connectivity index (χ4v) is 1.52. The Labute approximate surface area is 91.0 Å². The van der Waals surface area contributed by atoms with Crippen molar-refractivity contribution in [3.8, 4) is 0 Å². The molecule has 0 aliphatic heterocycles. The molecule has 2 aromatic rings. The van der Waals surface area contributed by atoms with Crippen LogP contribution in [0.4, 0.5) is 0 Å². The van der Waals surface area contributed by atoms with E-state index in [2.05, 4.69) is 10.1 Å². The van der Waals surface area contributed by atoms with Gasteiger partial charge in [0.15, 0.2) is 4.77 Å². The molecular formula is C9H10N4OS. The lowest BCUT2D eigenvalue weighted by Crippen LogP contribution is -2.14. The molecule has 15 heavy (non-hydrogen) atoms. The standard InChI is InChI=1S/C9H10N4OS/c14-8-2-5-12(9(15)11-8)6-7-13-4-1-3-10-13/h1-5H,6-7H2,(H,11,14,15). The summed E-state index contributed by atoms with van der Waals surface area (Å²) in [5.41, 5.74) is -0.171. The summed E-state index contributed by atoms with van der Waals surface area (Å²) in [6, 6.07) is 3.32. The van der Waals surface area contributed by atoms with Gasteiger partial charge in [0.2, 0.25) is 0 Å². The van der Waals surface area contributed by atoms with Crippen molar-refractivity contribution in [3.05, 3.63) is 45.8 Å². The summed E-state index contributed by atoms with van der Waals surface area (Å²) in [5.74, 6) is 0. The Morgan fingerprint density at radius 1 is 1.40 bits per heavy atom. The lowest BCUT2D eigenvalue weighted by atomic mass is 10.5. The van der Waals surface area contributed by atoms with Crippen LogP contribution in [0.5, 0.6) is 0 Å². The Morgan fingerprint density at radius 3 is 2.93 bits per heavy atom. The van der Waals surface area contributed by atoms with E-state index in [4.69, 9.17) is 12.2 Å². The van der Waals surface area contributed by atoms with Gasteiger partial charge in [-0.1, -0.05) is 0 Å². The maximum absolute atomic E-state index is 10.9. The summed E-state index contributed by atoms with van der Waals surface area (Å²) in [6.07, 6.45) is 5.30. The number of aryl methyl sites for hydroxylation is 2. The van der Waals surface area contributed by atoms with E-state index in [0.717, 1.165) is 6.54 Å². The first-order valence-corrected chi connectivity index (χ1v) is 4.94. The average molecular weight is 222 g/mol. The van der Waals surface area contributed by atoms with Crippen LogP contribution in [0.15, 0.2) is 35.5 Å². The fraction of sp³-hybridized carbons (Fsp3) is 0.222. The molecule has 1 N–H and O–H groups in total. The summed E-state index contributed by atoms with van der Waals surface area (Å²) >= 11 is 5.01. The topological polar surface area (TPSA) is 55.6 Å². The van der Waals surface area contributed by atoms with Crippen molar-refractivity contribution >= 4 is 12.2 Å². The molecule has 2 rings (SSSR count). The number of hydrogen-bond acceptors (Lipinski definition) is 3. The van der Waals surface area contributed by atoms with Crippen molar-refractivity contribution in [1.82, 2.24) is 19.3 Å². The SMILES string of the molecule is O=c1ccn(CCn2cccn2)c(=S)[nH]1. The first kappa shape index (κ1) is 9.85. The van der Waals surface area contributed by atoms with Crippen LogP contribution in [-0.2, 0) is 13.1 Å². The van der Waals surface area contributed by atoms with E-state index in [-0.39, 0.29) is 5.56 Å². The highest BCUT2D eigenvalue weighted by molar-refractivity contribution is 7.71. The van der Waals surface area contributed by atoms with Crippen LogP contribution in [0.2, 0.25) is 0 Å². The summed E-state index contributed by atoms with van der Waals surface area (Å²) in [7, 11) is 0. The minimum atomic E-state index is -0.171. The molecule has 2 heterocycles. The van der Waals surface area contributed by atoms with Gasteiger partial charge in [-0.2, -0.15) is 5.10 Å². The summed E-state index contributed by atoms with van der Waals surface area (Å²) in [4.78, 5) is 13.5. The predicted molar refractivity (Wildman–Crippen MR) is 58.1 cm³/mol. The highest BCUT2D eigenvalue weighted by Gasteiger charge is 1.94.